The Morgan fingerprint density at radius 3 is 2.90 bits per heavy atom. The third-order valence-corrected chi connectivity index (χ3v) is 3.25. The number of nitrogens with one attached hydrogen (secondary N) is 2. The van der Waals surface area contributed by atoms with Crippen LogP contribution in [0.1, 0.15) is 11.4 Å². The molecule has 0 aromatic carbocycles. The summed E-state index contributed by atoms with van der Waals surface area (Å²) in [6.45, 7) is 0. The summed E-state index contributed by atoms with van der Waals surface area (Å²) < 4.78 is 0. The van der Waals surface area contributed by atoms with E-state index in [0.717, 1.165) is 0 Å². The Morgan fingerprint density at radius 2 is 2.35 bits per heavy atom. The largest absolute Gasteiger partial charge is 0.480 e. The van der Waals surface area contributed by atoms with Crippen molar-refractivity contribution < 1.29 is 14.7 Å². The second-order valence-corrected chi connectivity index (χ2v) is 4.98. The number of nitrogens with two attached hydrogens (primary N) is 1. The molecule has 0 saturated carbocycles. The van der Waals surface area contributed by atoms with Gasteiger partial charge in [0.15, 0.2) is 5.13 Å². The number of aromatic nitrogens is 3. The first-order valence-electron chi connectivity index (χ1n) is 5.74. The summed E-state index contributed by atoms with van der Waals surface area (Å²) in [5, 5.41) is 13.6. The summed E-state index contributed by atoms with van der Waals surface area (Å²) in [6.07, 6.45) is 3.11. The number of nitrogens with zero attached hydrogens (tertiary/aromatic N) is 2. The van der Waals surface area contributed by atoms with E-state index in [9.17, 15) is 9.59 Å². The van der Waals surface area contributed by atoms with Gasteiger partial charge in [0.1, 0.15) is 6.04 Å². The number of imidazole rings is 1. The quantitative estimate of drug-likeness (QED) is 0.583. The number of hydrogen-bond donors (Lipinski definition) is 4. The summed E-state index contributed by atoms with van der Waals surface area (Å²) in [4.78, 5) is 33.5. The molecule has 1 atom stereocenters. The Kier molecular flexibility index (Phi) is 4.31. The Bertz CT molecular complexity index is 595. The van der Waals surface area contributed by atoms with Crippen molar-refractivity contribution in [3.63, 3.8) is 0 Å². The third-order valence-electron chi connectivity index (χ3n) is 2.52. The van der Waals surface area contributed by atoms with E-state index >= 15 is 0 Å². The molecule has 2 aromatic rings. The molecule has 0 fully saturated rings. The smallest absolute Gasteiger partial charge is 0.326 e. The highest BCUT2D eigenvalue weighted by Gasteiger charge is 2.21. The van der Waals surface area contributed by atoms with E-state index in [1.165, 1.54) is 23.9 Å². The first-order chi connectivity index (χ1) is 9.54. The molecule has 5 N–H and O–H groups in total. The van der Waals surface area contributed by atoms with Gasteiger partial charge in [-0.05, 0) is 0 Å². The zero-order valence-corrected chi connectivity index (χ0v) is 11.2. The van der Waals surface area contributed by atoms with Crippen LogP contribution >= 0.6 is 11.3 Å². The lowest BCUT2D eigenvalue weighted by Crippen LogP contribution is -2.43. The van der Waals surface area contributed by atoms with Crippen LogP contribution in [-0.4, -0.2) is 38.0 Å². The highest BCUT2D eigenvalue weighted by atomic mass is 32.1. The molecule has 106 valence electrons. The van der Waals surface area contributed by atoms with Gasteiger partial charge in [-0.25, -0.2) is 14.8 Å². The lowest BCUT2D eigenvalue weighted by molar-refractivity contribution is -0.141. The van der Waals surface area contributed by atoms with Gasteiger partial charge in [0.05, 0.1) is 18.4 Å². The molecule has 0 aliphatic heterocycles. The van der Waals surface area contributed by atoms with Crippen LogP contribution in [0.25, 0.3) is 0 Å². The molecule has 1 unspecified atom stereocenters. The minimum absolute atomic E-state index is 0.000453. The number of amides is 1. The molecule has 0 aliphatic carbocycles. The lowest BCUT2D eigenvalue weighted by atomic mass is 10.1. The van der Waals surface area contributed by atoms with Crippen molar-refractivity contribution in [2.75, 3.05) is 5.73 Å². The normalized spacial score (nSPS) is 12.0. The standard InChI is InChI=1S/C11H13N5O3S/c12-11-15-7(4-20-11)2-9(17)16-8(10(18)19)1-6-3-13-5-14-6/h3-5,8H,1-2H2,(H2,12,15)(H,13,14)(H,16,17)(H,18,19). The second-order valence-electron chi connectivity index (χ2n) is 4.09. The molecule has 2 aromatic heterocycles. The number of rotatable bonds is 6. The maximum atomic E-state index is 11.8. The topological polar surface area (TPSA) is 134 Å². The van der Waals surface area contributed by atoms with Crippen LogP contribution in [-0.2, 0) is 22.4 Å². The van der Waals surface area contributed by atoms with Gasteiger partial charge in [-0.15, -0.1) is 11.3 Å². The van der Waals surface area contributed by atoms with Crippen LogP contribution in [0, 0.1) is 0 Å². The molecule has 0 radical (unpaired) electrons. The van der Waals surface area contributed by atoms with E-state index in [0.29, 0.717) is 16.5 Å². The number of thiazole rings is 1. The maximum absolute atomic E-state index is 11.8. The molecule has 0 aliphatic rings. The second kappa shape index (κ2) is 6.15. The number of anilines is 1. The van der Waals surface area contributed by atoms with Crippen LogP contribution in [0.5, 0.6) is 0 Å². The van der Waals surface area contributed by atoms with Crippen LogP contribution < -0.4 is 11.1 Å². The van der Waals surface area contributed by atoms with Gasteiger partial charge in [0, 0.05) is 23.7 Å². The van der Waals surface area contributed by atoms with Gasteiger partial charge in [-0.2, -0.15) is 0 Å². The SMILES string of the molecule is Nc1nc(CC(=O)NC(Cc2cnc[nH]2)C(=O)O)cs1. The Labute approximate surface area is 118 Å². The molecular weight excluding hydrogens is 282 g/mol. The average molecular weight is 295 g/mol. The first kappa shape index (κ1) is 14.0. The van der Waals surface area contributed by atoms with E-state index in [4.69, 9.17) is 10.8 Å². The molecule has 1 amide bonds. The number of aliphatic carboxylic acids is 1. The minimum atomic E-state index is -1.11. The Morgan fingerprint density at radius 1 is 1.55 bits per heavy atom. The van der Waals surface area contributed by atoms with Crippen molar-refractivity contribution in [1.29, 1.82) is 0 Å². The molecule has 0 bridgehead atoms. The fourth-order valence-corrected chi connectivity index (χ4v) is 2.19. The maximum Gasteiger partial charge on any atom is 0.326 e. The first-order valence-corrected chi connectivity index (χ1v) is 6.62. The predicted molar refractivity (Wildman–Crippen MR) is 72.1 cm³/mol. The number of hydrogen-bond acceptors (Lipinski definition) is 6. The van der Waals surface area contributed by atoms with Crippen molar-refractivity contribution >= 4 is 28.3 Å². The highest BCUT2D eigenvalue weighted by molar-refractivity contribution is 7.13. The van der Waals surface area contributed by atoms with Crippen molar-refractivity contribution in [3.05, 3.63) is 29.3 Å². The number of H-pyrrole nitrogens is 1. The van der Waals surface area contributed by atoms with Crippen molar-refractivity contribution in [2.24, 2.45) is 0 Å². The van der Waals surface area contributed by atoms with Gasteiger partial charge >= 0.3 is 5.97 Å². The lowest BCUT2D eigenvalue weighted by Gasteiger charge is -2.13. The zero-order valence-electron chi connectivity index (χ0n) is 10.4. The highest BCUT2D eigenvalue weighted by Crippen LogP contribution is 2.11. The monoisotopic (exact) mass is 295 g/mol. The number of aromatic amines is 1. The summed E-state index contributed by atoms with van der Waals surface area (Å²) >= 11 is 1.23. The van der Waals surface area contributed by atoms with E-state index in [1.54, 1.807) is 5.38 Å². The number of nitrogen functional groups attached to an aromatic ring is 1. The molecule has 0 spiro atoms. The predicted octanol–water partition coefficient (Wildman–Crippen LogP) is -0.197. The molecule has 20 heavy (non-hydrogen) atoms. The molecule has 9 heteroatoms. The Hall–Kier alpha value is -2.42. The van der Waals surface area contributed by atoms with E-state index in [2.05, 4.69) is 20.3 Å². The molecule has 8 nitrogen and oxygen atoms in total. The van der Waals surface area contributed by atoms with Crippen LogP contribution in [0.15, 0.2) is 17.9 Å². The fraction of sp³-hybridized carbons (Fsp3) is 0.273. The fourth-order valence-electron chi connectivity index (χ4n) is 1.63. The molecule has 2 rings (SSSR count). The average Bonchev–Trinajstić information content (AvgIpc) is 3.00. The van der Waals surface area contributed by atoms with Gasteiger partial charge in [0.25, 0.3) is 0 Å². The van der Waals surface area contributed by atoms with E-state index in [-0.39, 0.29) is 12.8 Å². The van der Waals surface area contributed by atoms with Crippen molar-refractivity contribution in [2.45, 2.75) is 18.9 Å². The summed E-state index contributed by atoms with van der Waals surface area (Å²) in [6, 6.07) is -1.01. The van der Waals surface area contributed by atoms with Crippen molar-refractivity contribution in [1.82, 2.24) is 20.3 Å². The van der Waals surface area contributed by atoms with Crippen LogP contribution in [0.4, 0.5) is 5.13 Å². The van der Waals surface area contributed by atoms with Gasteiger partial charge in [-0.3, -0.25) is 4.79 Å². The Balaban J connectivity index is 1.94. The van der Waals surface area contributed by atoms with E-state index in [1.807, 2.05) is 0 Å². The number of carboxylic acid groups (broad SMARTS) is 1. The van der Waals surface area contributed by atoms with Gasteiger partial charge in [-0.1, -0.05) is 0 Å². The van der Waals surface area contributed by atoms with Crippen LogP contribution in [0.3, 0.4) is 0 Å². The summed E-state index contributed by atoms with van der Waals surface area (Å²) in [7, 11) is 0. The minimum Gasteiger partial charge on any atom is -0.480 e. The molecule has 2 heterocycles. The van der Waals surface area contributed by atoms with Gasteiger partial charge in [0.2, 0.25) is 5.91 Å². The van der Waals surface area contributed by atoms with E-state index < -0.39 is 17.9 Å². The summed E-state index contributed by atoms with van der Waals surface area (Å²) in [5.74, 6) is -1.52. The number of carboxylic acids is 1. The molecular formula is C11H13N5O3S. The van der Waals surface area contributed by atoms with Crippen LogP contribution in [0.2, 0.25) is 0 Å². The molecule has 0 saturated heterocycles. The number of carbonyl (C=O) groups is 2. The third kappa shape index (κ3) is 3.79. The van der Waals surface area contributed by atoms with Crippen molar-refractivity contribution in [3.8, 4) is 0 Å². The van der Waals surface area contributed by atoms with Gasteiger partial charge < -0.3 is 21.1 Å². The zero-order chi connectivity index (χ0) is 14.5. The summed E-state index contributed by atoms with van der Waals surface area (Å²) in [5.41, 5.74) is 6.62. The number of carbonyl (C=O) groups excluding carboxylic acids is 1.